The Morgan fingerprint density at radius 3 is 2.68 bits per heavy atom. The van der Waals surface area contributed by atoms with Crippen LogP contribution in [0.1, 0.15) is 44.6 Å². The fourth-order valence-corrected chi connectivity index (χ4v) is 2.66. The molecule has 0 saturated carbocycles. The van der Waals surface area contributed by atoms with Gasteiger partial charge in [0.05, 0.1) is 5.69 Å². The van der Waals surface area contributed by atoms with Crippen molar-refractivity contribution in [2.24, 2.45) is 5.41 Å². The van der Waals surface area contributed by atoms with Crippen molar-refractivity contribution >= 4 is 17.5 Å². The average Bonchev–Trinajstić information content (AvgIpc) is 2.74. The number of carbonyl (C=O) groups excluding carboxylic acids is 1. The van der Waals surface area contributed by atoms with E-state index in [1.54, 1.807) is 0 Å². The number of likely N-dealkylation sites (tertiary alicyclic amines) is 1. The standard InChI is InChI=1S/C14H20ClN3O/c1-9-16-11(7-12(15)17-9)10-5-6-18(8-10)13(19)14(2,3)4/h7,10H,5-6,8H2,1-4H3. The first-order valence-electron chi connectivity index (χ1n) is 6.58. The van der Waals surface area contributed by atoms with Gasteiger partial charge in [-0.05, 0) is 19.4 Å². The third kappa shape index (κ3) is 3.24. The highest BCUT2D eigenvalue weighted by molar-refractivity contribution is 6.29. The zero-order valence-corrected chi connectivity index (χ0v) is 12.7. The van der Waals surface area contributed by atoms with E-state index in [-0.39, 0.29) is 17.2 Å². The Bertz CT molecular complexity index is 476. The molecule has 0 aromatic carbocycles. The molecule has 19 heavy (non-hydrogen) atoms. The van der Waals surface area contributed by atoms with Gasteiger partial charge >= 0.3 is 0 Å². The van der Waals surface area contributed by atoms with Crippen molar-refractivity contribution in [2.75, 3.05) is 13.1 Å². The number of carbonyl (C=O) groups is 1. The first-order chi connectivity index (χ1) is 8.77. The molecule has 5 heteroatoms. The largest absolute Gasteiger partial charge is 0.342 e. The van der Waals surface area contributed by atoms with Crippen LogP contribution in [0.15, 0.2) is 6.07 Å². The van der Waals surface area contributed by atoms with Crippen LogP contribution in [0, 0.1) is 12.3 Å². The molecule has 1 aliphatic heterocycles. The van der Waals surface area contributed by atoms with Gasteiger partial charge in [0.1, 0.15) is 11.0 Å². The van der Waals surface area contributed by atoms with E-state index in [4.69, 9.17) is 11.6 Å². The molecule has 4 nitrogen and oxygen atoms in total. The van der Waals surface area contributed by atoms with Crippen molar-refractivity contribution in [3.63, 3.8) is 0 Å². The predicted octanol–water partition coefficient (Wildman–Crippen LogP) is 2.80. The molecule has 1 aromatic rings. The molecule has 0 aliphatic carbocycles. The molecule has 2 heterocycles. The number of hydrogen-bond acceptors (Lipinski definition) is 3. The number of hydrogen-bond donors (Lipinski definition) is 0. The Balaban J connectivity index is 2.12. The number of amides is 1. The maximum atomic E-state index is 12.2. The van der Waals surface area contributed by atoms with Gasteiger partial charge in [-0.15, -0.1) is 0 Å². The summed E-state index contributed by atoms with van der Waals surface area (Å²) in [5, 5.41) is 0.475. The van der Waals surface area contributed by atoms with Crippen molar-refractivity contribution < 1.29 is 4.79 Å². The number of nitrogens with zero attached hydrogens (tertiary/aromatic N) is 3. The van der Waals surface area contributed by atoms with Crippen molar-refractivity contribution in [1.82, 2.24) is 14.9 Å². The minimum absolute atomic E-state index is 0.201. The summed E-state index contributed by atoms with van der Waals surface area (Å²) in [6.45, 7) is 9.21. The maximum absolute atomic E-state index is 12.2. The molecule has 0 spiro atoms. The van der Waals surface area contributed by atoms with E-state index in [9.17, 15) is 4.79 Å². The second kappa shape index (κ2) is 5.08. The van der Waals surface area contributed by atoms with Gasteiger partial charge in [-0.25, -0.2) is 9.97 Å². The molecule has 1 fully saturated rings. The molecule has 0 radical (unpaired) electrons. The lowest BCUT2D eigenvalue weighted by molar-refractivity contribution is -0.138. The van der Waals surface area contributed by atoms with Crippen LogP contribution in [-0.2, 0) is 4.79 Å². The molecular weight excluding hydrogens is 262 g/mol. The van der Waals surface area contributed by atoms with Crippen LogP contribution >= 0.6 is 11.6 Å². The molecular formula is C14H20ClN3O. The molecule has 1 atom stereocenters. The van der Waals surface area contributed by atoms with Gasteiger partial charge in [0.15, 0.2) is 0 Å². The first kappa shape index (κ1) is 14.3. The van der Waals surface area contributed by atoms with Crippen LogP contribution in [0.5, 0.6) is 0 Å². The Labute approximate surface area is 119 Å². The van der Waals surface area contributed by atoms with Crippen LogP contribution < -0.4 is 0 Å². The van der Waals surface area contributed by atoms with E-state index < -0.39 is 0 Å². The quantitative estimate of drug-likeness (QED) is 0.744. The van der Waals surface area contributed by atoms with E-state index in [0.717, 1.165) is 25.2 Å². The first-order valence-corrected chi connectivity index (χ1v) is 6.95. The molecule has 1 unspecified atom stereocenters. The minimum Gasteiger partial charge on any atom is -0.342 e. The molecule has 104 valence electrons. The highest BCUT2D eigenvalue weighted by Gasteiger charge is 2.33. The summed E-state index contributed by atoms with van der Waals surface area (Å²) >= 11 is 5.97. The van der Waals surface area contributed by atoms with Crippen molar-refractivity contribution in [3.8, 4) is 0 Å². The van der Waals surface area contributed by atoms with Crippen LogP contribution in [-0.4, -0.2) is 33.9 Å². The van der Waals surface area contributed by atoms with E-state index in [1.165, 1.54) is 0 Å². The van der Waals surface area contributed by atoms with Gasteiger partial charge in [0, 0.05) is 24.4 Å². The van der Waals surface area contributed by atoms with E-state index >= 15 is 0 Å². The second-order valence-corrected chi connectivity index (χ2v) is 6.54. The Morgan fingerprint density at radius 1 is 1.42 bits per heavy atom. The van der Waals surface area contributed by atoms with Gasteiger partial charge in [-0.2, -0.15) is 0 Å². The summed E-state index contributed by atoms with van der Waals surface area (Å²) in [5.74, 6) is 1.15. The highest BCUT2D eigenvalue weighted by Crippen LogP contribution is 2.30. The fourth-order valence-electron chi connectivity index (χ4n) is 2.42. The third-order valence-corrected chi connectivity index (χ3v) is 3.56. The second-order valence-electron chi connectivity index (χ2n) is 6.15. The summed E-state index contributed by atoms with van der Waals surface area (Å²) in [6.07, 6.45) is 0.939. The SMILES string of the molecule is Cc1nc(Cl)cc(C2CCN(C(=O)C(C)(C)C)C2)n1. The topological polar surface area (TPSA) is 46.1 Å². The Morgan fingerprint density at radius 2 is 2.11 bits per heavy atom. The minimum atomic E-state index is -0.325. The highest BCUT2D eigenvalue weighted by atomic mass is 35.5. The summed E-state index contributed by atoms with van der Waals surface area (Å²) < 4.78 is 0. The number of aryl methyl sites for hydroxylation is 1. The molecule has 0 N–H and O–H groups in total. The normalized spacial score (nSPS) is 19.8. The lowest BCUT2D eigenvalue weighted by Gasteiger charge is -2.25. The van der Waals surface area contributed by atoms with Crippen molar-refractivity contribution in [1.29, 1.82) is 0 Å². The molecule has 0 bridgehead atoms. The maximum Gasteiger partial charge on any atom is 0.227 e. The predicted molar refractivity (Wildman–Crippen MR) is 75.2 cm³/mol. The summed E-state index contributed by atoms with van der Waals surface area (Å²) in [5.41, 5.74) is 0.621. The van der Waals surface area contributed by atoms with Gasteiger partial charge in [-0.3, -0.25) is 4.79 Å². The fraction of sp³-hybridized carbons (Fsp3) is 0.643. The Hall–Kier alpha value is -1.16. The van der Waals surface area contributed by atoms with E-state index in [1.807, 2.05) is 38.7 Å². The zero-order chi connectivity index (χ0) is 14.2. The van der Waals surface area contributed by atoms with Crippen LogP contribution in [0.4, 0.5) is 0 Å². The van der Waals surface area contributed by atoms with Gasteiger partial charge in [-0.1, -0.05) is 32.4 Å². The lowest BCUT2D eigenvalue weighted by atomic mass is 9.95. The third-order valence-electron chi connectivity index (χ3n) is 3.36. The van der Waals surface area contributed by atoms with Gasteiger partial charge in [0.25, 0.3) is 0 Å². The van der Waals surface area contributed by atoms with Crippen LogP contribution in [0.25, 0.3) is 0 Å². The lowest BCUT2D eigenvalue weighted by Crippen LogP contribution is -2.37. The smallest absolute Gasteiger partial charge is 0.227 e. The van der Waals surface area contributed by atoms with Gasteiger partial charge in [0.2, 0.25) is 5.91 Å². The number of rotatable bonds is 1. The monoisotopic (exact) mass is 281 g/mol. The molecule has 1 saturated heterocycles. The average molecular weight is 282 g/mol. The molecule has 1 aromatic heterocycles. The van der Waals surface area contributed by atoms with E-state index in [0.29, 0.717) is 11.0 Å². The van der Waals surface area contributed by atoms with Crippen molar-refractivity contribution in [3.05, 3.63) is 22.7 Å². The molecule has 1 amide bonds. The summed E-state index contributed by atoms with van der Waals surface area (Å²) in [4.78, 5) is 22.7. The summed E-state index contributed by atoms with van der Waals surface area (Å²) in [7, 11) is 0. The molecule has 2 rings (SSSR count). The van der Waals surface area contributed by atoms with Crippen molar-refractivity contribution in [2.45, 2.75) is 40.0 Å². The van der Waals surface area contributed by atoms with Gasteiger partial charge < -0.3 is 4.90 Å². The van der Waals surface area contributed by atoms with Crippen LogP contribution in [0.3, 0.4) is 0 Å². The number of aromatic nitrogens is 2. The molecule has 1 aliphatic rings. The Kier molecular flexibility index (Phi) is 3.81. The van der Waals surface area contributed by atoms with Crippen LogP contribution in [0.2, 0.25) is 5.15 Å². The number of halogens is 1. The van der Waals surface area contributed by atoms with E-state index in [2.05, 4.69) is 9.97 Å². The zero-order valence-electron chi connectivity index (χ0n) is 11.9. The summed E-state index contributed by atoms with van der Waals surface area (Å²) in [6, 6.07) is 1.81.